The van der Waals surface area contributed by atoms with Gasteiger partial charge in [0, 0.05) is 16.5 Å². The van der Waals surface area contributed by atoms with E-state index in [4.69, 9.17) is 5.26 Å². The van der Waals surface area contributed by atoms with Gasteiger partial charge in [0.05, 0.1) is 23.9 Å². The van der Waals surface area contributed by atoms with Gasteiger partial charge in [-0.05, 0) is 24.6 Å². The lowest BCUT2D eigenvalue weighted by molar-refractivity contribution is 0.571. The lowest BCUT2D eigenvalue weighted by Crippen LogP contribution is -2.12. The van der Waals surface area contributed by atoms with E-state index in [2.05, 4.69) is 42.5 Å². The van der Waals surface area contributed by atoms with Crippen LogP contribution >= 0.6 is 11.3 Å². The molecule has 0 aliphatic rings. The summed E-state index contributed by atoms with van der Waals surface area (Å²) >= 11 is 1.67. The van der Waals surface area contributed by atoms with E-state index in [0.717, 1.165) is 22.0 Å². The molecular weight excluding hydrogens is 266 g/mol. The molecule has 4 heteroatoms. The summed E-state index contributed by atoms with van der Waals surface area (Å²) in [6.07, 6.45) is 0. The normalized spacial score (nSPS) is 11.2. The first-order valence-corrected chi connectivity index (χ1v) is 7.47. The zero-order valence-electron chi connectivity index (χ0n) is 12.3. The number of nitriles is 1. The van der Waals surface area contributed by atoms with E-state index in [1.54, 1.807) is 11.3 Å². The van der Waals surface area contributed by atoms with Crippen molar-refractivity contribution in [2.24, 2.45) is 0 Å². The number of nitrogens with one attached hydrogen (secondary N) is 1. The molecule has 1 heterocycles. The van der Waals surface area contributed by atoms with Crippen molar-refractivity contribution in [1.29, 1.82) is 5.26 Å². The Morgan fingerprint density at radius 2 is 2.10 bits per heavy atom. The highest BCUT2D eigenvalue weighted by atomic mass is 32.1. The number of anilines is 1. The Morgan fingerprint density at radius 3 is 2.70 bits per heavy atom. The molecular formula is C16H19N3S. The first-order valence-electron chi connectivity index (χ1n) is 6.59. The number of hydrogen-bond acceptors (Lipinski definition) is 4. The van der Waals surface area contributed by atoms with Gasteiger partial charge in [-0.2, -0.15) is 5.26 Å². The van der Waals surface area contributed by atoms with Crippen LogP contribution < -0.4 is 5.32 Å². The van der Waals surface area contributed by atoms with Crippen molar-refractivity contribution in [3.8, 4) is 6.07 Å². The van der Waals surface area contributed by atoms with Gasteiger partial charge in [0.2, 0.25) is 0 Å². The van der Waals surface area contributed by atoms with Gasteiger partial charge in [0.25, 0.3) is 0 Å². The van der Waals surface area contributed by atoms with Crippen molar-refractivity contribution in [3.63, 3.8) is 0 Å². The number of benzene rings is 1. The Hall–Kier alpha value is -1.86. The molecule has 0 spiro atoms. The first kappa shape index (κ1) is 14.5. The summed E-state index contributed by atoms with van der Waals surface area (Å²) in [6, 6.07) is 7.84. The molecule has 2 aromatic rings. The fraction of sp³-hybridized carbons (Fsp3) is 0.375. The summed E-state index contributed by atoms with van der Waals surface area (Å²) in [5.74, 6) is 0. The Kier molecular flexibility index (Phi) is 4.10. The fourth-order valence-electron chi connectivity index (χ4n) is 1.79. The number of nitrogens with zero attached hydrogens (tertiary/aromatic N) is 2. The van der Waals surface area contributed by atoms with Crippen molar-refractivity contribution in [2.75, 3.05) is 5.32 Å². The van der Waals surface area contributed by atoms with Crippen LogP contribution in [0.4, 0.5) is 5.69 Å². The molecule has 20 heavy (non-hydrogen) atoms. The van der Waals surface area contributed by atoms with Crippen molar-refractivity contribution in [2.45, 2.75) is 39.7 Å². The first-order chi connectivity index (χ1) is 9.40. The molecule has 104 valence electrons. The molecule has 0 radical (unpaired) electrons. The minimum atomic E-state index is 0.0887. The van der Waals surface area contributed by atoms with Gasteiger partial charge in [-0.25, -0.2) is 4.98 Å². The van der Waals surface area contributed by atoms with Gasteiger partial charge in [0.1, 0.15) is 5.01 Å². The lowest BCUT2D eigenvalue weighted by Gasteiger charge is -2.14. The van der Waals surface area contributed by atoms with E-state index in [1.807, 2.05) is 25.1 Å². The molecule has 1 N–H and O–H groups in total. The second-order valence-electron chi connectivity index (χ2n) is 5.87. The Balaban J connectivity index is 2.09. The molecule has 2 rings (SSSR count). The Labute approximate surface area is 124 Å². The quantitative estimate of drug-likeness (QED) is 0.918. The maximum absolute atomic E-state index is 8.94. The number of thiazole rings is 1. The number of rotatable bonds is 3. The van der Waals surface area contributed by atoms with Crippen LogP contribution in [0.5, 0.6) is 0 Å². The predicted octanol–water partition coefficient (Wildman–Crippen LogP) is 4.23. The molecule has 0 bridgehead atoms. The molecule has 0 aliphatic carbocycles. The predicted molar refractivity (Wildman–Crippen MR) is 84.0 cm³/mol. The van der Waals surface area contributed by atoms with E-state index in [0.29, 0.717) is 12.1 Å². The van der Waals surface area contributed by atoms with Crippen LogP contribution in [0.15, 0.2) is 23.6 Å². The van der Waals surface area contributed by atoms with Crippen LogP contribution in [-0.4, -0.2) is 4.98 Å². The highest BCUT2D eigenvalue weighted by molar-refractivity contribution is 7.09. The minimum Gasteiger partial charge on any atom is -0.378 e. The van der Waals surface area contributed by atoms with Crippen LogP contribution in [-0.2, 0) is 12.0 Å². The summed E-state index contributed by atoms with van der Waals surface area (Å²) < 4.78 is 0. The van der Waals surface area contributed by atoms with Crippen molar-refractivity contribution in [1.82, 2.24) is 4.98 Å². The highest BCUT2D eigenvalue weighted by Crippen LogP contribution is 2.25. The fourth-order valence-corrected chi connectivity index (χ4v) is 2.75. The SMILES string of the molecule is Cc1ccc(C#N)cc1NCc1nc(C(C)(C)C)cs1. The molecule has 0 atom stereocenters. The van der Waals surface area contributed by atoms with E-state index in [-0.39, 0.29) is 5.41 Å². The van der Waals surface area contributed by atoms with Crippen molar-refractivity contribution < 1.29 is 0 Å². The second-order valence-corrected chi connectivity index (χ2v) is 6.81. The average Bonchev–Trinajstić information content (AvgIpc) is 2.86. The van der Waals surface area contributed by atoms with Gasteiger partial charge in [-0.15, -0.1) is 11.3 Å². The molecule has 3 nitrogen and oxygen atoms in total. The van der Waals surface area contributed by atoms with Crippen LogP contribution in [0, 0.1) is 18.3 Å². The number of hydrogen-bond donors (Lipinski definition) is 1. The topological polar surface area (TPSA) is 48.7 Å². The third-order valence-corrected chi connectivity index (χ3v) is 3.97. The summed E-state index contributed by atoms with van der Waals surface area (Å²) in [4.78, 5) is 4.66. The largest absolute Gasteiger partial charge is 0.378 e. The third-order valence-electron chi connectivity index (χ3n) is 3.12. The molecule has 0 saturated heterocycles. The maximum atomic E-state index is 8.94. The minimum absolute atomic E-state index is 0.0887. The monoisotopic (exact) mass is 285 g/mol. The van der Waals surface area contributed by atoms with Gasteiger partial charge >= 0.3 is 0 Å². The second kappa shape index (κ2) is 5.64. The Morgan fingerprint density at radius 1 is 1.35 bits per heavy atom. The Bertz CT molecular complexity index is 644. The van der Waals surface area contributed by atoms with Crippen LogP contribution in [0.25, 0.3) is 0 Å². The van der Waals surface area contributed by atoms with Crippen molar-refractivity contribution >= 4 is 17.0 Å². The maximum Gasteiger partial charge on any atom is 0.112 e. The van der Waals surface area contributed by atoms with Gasteiger partial charge in [0.15, 0.2) is 0 Å². The van der Waals surface area contributed by atoms with E-state index < -0.39 is 0 Å². The molecule has 1 aromatic carbocycles. The zero-order valence-corrected chi connectivity index (χ0v) is 13.1. The lowest BCUT2D eigenvalue weighted by atomic mass is 9.93. The molecule has 0 saturated carbocycles. The van der Waals surface area contributed by atoms with E-state index in [9.17, 15) is 0 Å². The highest BCUT2D eigenvalue weighted by Gasteiger charge is 2.17. The van der Waals surface area contributed by atoms with Crippen LogP contribution in [0.2, 0.25) is 0 Å². The molecule has 0 aliphatic heterocycles. The van der Waals surface area contributed by atoms with Crippen molar-refractivity contribution in [3.05, 3.63) is 45.4 Å². The van der Waals surface area contributed by atoms with Gasteiger partial charge in [-0.3, -0.25) is 0 Å². The zero-order chi connectivity index (χ0) is 14.8. The smallest absolute Gasteiger partial charge is 0.112 e. The molecule has 0 fully saturated rings. The summed E-state index contributed by atoms with van der Waals surface area (Å²) in [7, 11) is 0. The van der Waals surface area contributed by atoms with Gasteiger partial charge in [-0.1, -0.05) is 26.8 Å². The summed E-state index contributed by atoms with van der Waals surface area (Å²) in [5.41, 5.74) is 4.02. The summed E-state index contributed by atoms with van der Waals surface area (Å²) in [5, 5.41) is 15.5. The van der Waals surface area contributed by atoms with Gasteiger partial charge < -0.3 is 5.32 Å². The molecule has 0 amide bonds. The third kappa shape index (κ3) is 3.37. The van der Waals surface area contributed by atoms with Crippen LogP contribution in [0.3, 0.4) is 0 Å². The summed E-state index contributed by atoms with van der Waals surface area (Å²) in [6.45, 7) is 9.22. The standard InChI is InChI=1S/C16H19N3S/c1-11-5-6-12(8-17)7-13(11)18-9-15-19-14(10-20-15)16(2,3)4/h5-7,10,18H,9H2,1-4H3. The number of aryl methyl sites for hydroxylation is 1. The number of aromatic nitrogens is 1. The van der Waals surface area contributed by atoms with E-state index >= 15 is 0 Å². The van der Waals surface area contributed by atoms with E-state index in [1.165, 1.54) is 0 Å². The molecule has 1 aromatic heterocycles. The van der Waals surface area contributed by atoms with Crippen LogP contribution in [0.1, 0.15) is 42.6 Å². The molecule has 0 unspecified atom stereocenters. The average molecular weight is 285 g/mol.